The molecule has 0 bridgehead atoms. The summed E-state index contributed by atoms with van der Waals surface area (Å²) in [5.41, 5.74) is 6.55. The number of aryl methyl sites for hydroxylation is 1. The maximum absolute atomic E-state index is 12.8. The number of amides is 1. The molecule has 0 saturated carbocycles. The van der Waals surface area contributed by atoms with E-state index in [2.05, 4.69) is 15.2 Å². The fourth-order valence-corrected chi connectivity index (χ4v) is 4.72. The first-order valence-corrected chi connectivity index (χ1v) is 9.57. The minimum atomic E-state index is 0.116. The maximum atomic E-state index is 12.8. The summed E-state index contributed by atoms with van der Waals surface area (Å²) in [5.74, 6) is 2.07. The number of carbonyl (C=O) groups is 1. The van der Waals surface area contributed by atoms with Crippen molar-refractivity contribution in [3.63, 3.8) is 0 Å². The molecular formula is C17H18N6OS. The van der Waals surface area contributed by atoms with Crippen LogP contribution in [0.3, 0.4) is 0 Å². The number of aromatic nitrogens is 5. The standard InChI is InChI=1S/C17H18N6OS/c1-11-4-16-18-5-12-7-21(3-2-14(12)23(16)20-11)17(24)8-22-15-10-25-9-13(15)6-19-22/h4-6H,2-3,7-10H2,1H3. The molecule has 2 aliphatic rings. The van der Waals surface area contributed by atoms with Gasteiger partial charge in [0, 0.05) is 54.4 Å². The number of rotatable bonds is 2. The summed E-state index contributed by atoms with van der Waals surface area (Å²) in [7, 11) is 0. The van der Waals surface area contributed by atoms with Crippen molar-refractivity contribution in [2.45, 2.75) is 37.9 Å². The Morgan fingerprint density at radius 2 is 2.16 bits per heavy atom. The van der Waals surface area contributed by atoms with Gasteiger partial charge in [-0.2, -0.15) is 22.0 Å². The van der Waals surface area contributed by atoms with Crippen molar-refractivity contribution in [3.8, 4) is 0 Å². The van der Waals surface area contributed by atoms with Crippen LogP contribution in [-0.2, 0) is 35.8 Å². The normalized spacial score (nSPS) is 16.3. The van der Waals surface area contributed by atoms with E-state index in [-0.39, 0.29) is 5.91 Å². The topological polar surface area (TPSA) is 68.3 Å². The second-order valence-electron chi connectivity index (χ2n) is 6.62. The van der Waals surface area contributed by atoms with Crippen molar-refractivity contribution in [2.24, 2.45) is 0 Å². The zero-order chi connectivity index (χ0) is 17.0. The van der Waals surface area contributed by atoms with E-state index in [4.69, 9.17) is 0 Å². The molecule has 0 N–H and O–H groups in total. The van der Waals surface area contributed by atoms with Crippen molar-refractivity contribution in [1.29, 1.82) is 0 Å². The molecule has 0 fully saturated rings. The number of thioether (sulfide) groups is 1. The highest BCUT2D eigenvalue weighted by atomic mass is 32.2. The largest absolute Gasteiger partial charge is 0.336 e. The fraction of sp³-hybridized carbons (Fsp3) is 0.412. The van der Waals surface area contributed by atoms with Crippen molar-refractivity contribution >= 4 is 23.3 Å². The number of fused-ring (bicyclic) bond motifs is 4. The SMILES string of the molecule is Cc1cc2ncc3c(n2n1)CCN(C(=O)Cn1ncc2c1CSC2)C3. The Balaban J connectivity index is 1.38. The summed E-state index contributed by atoms with van der Waals surface area (Å²) in [5, 5.41) is 8.92. The minimum Gasteiger partial charge on any atom is -0.336 e. The molecule has 8 heteroatoms. The molecule has 5 rings (SSSR count). The van der Waals surface area contributed by atoms with Crippen LogP contribution in [0, 0.1) is 6.92 Å². The third-order valence-corrected chi connectivity index (χ3v) is 5.93. The van der Waals surface area contributed by atoms with E-state index in [0.717, 1.165) is 34.8 Å². The first-order chi connectivity index (χ1) is 12.2. The smallest absolute Gasteiger partial charge is 0.244 e. The Morgan fingerprint density at radius 1 is 1.24 bits per heavy atom. The second kappa shape index (κ2) is 5.59. The fourth-order valence-electron chi connectivity index (χ4n) is 3.63. The van der Waals surface area contributed by atoms with E-state index >= 15 is 0 Å². The Kier molecular flexibility index (Phi) is 3.34. The third-order valence-electron chi connectivity index (χ3n) is 4.94. The molecular weight excluding hydrogens is 336 g/mol. The average Bonchev–Trinajstić information content (AvgIpc) is 3.30. The predicted molar refractivity (Wildman–Crippen MR) is 94.1 cm³/mol. The molecule has 0 aliphatic carbocycles. The first kappa shape index (κ1) is 14.9. The van der Waals surface area contributed by atoms with Crippen LogP contribution >= 0.6 is 11.8 Å². The van der Waals surface area contributed by atoms with Crippen molar-refractivity contribution < 1.29 is 4.79 Å². The molecule has 1 amide bonds. The lowest BCUT2D eigenvalue weighted by Crippen LogP contribution is -2.39. The summed E-state index contributed by atoms with van der Waals surface area (Å²) < 4.78 is 3.79. The Morgan fingerprint density at radius 3 is 3.08 bits per heavy atom. The molecule has 2 aliphatic heterocycles. The molecule has 0 atom stereocenters. The molecule has 0 saturated heterocycles. The molecule has 3 aromatic rings. The van der Waals surface area contributed by atoms with E-state index in [1.807, 2.05) is 51.2 Å². The van der Waals surface area contributed by atoms with Gasteiger partial charge in [-0.25, -0.2) is 9.50 Å². The van der Waals surface area contributed by atoms with Gasteiger partial charge in [-0.1, -0.05) is 0 Å². The van der Waals surface area contributed by atoms with Crippen LogP contribution < -0.4 is 0 Å². The molecule has 128 valence electrons. The quantitative estimate of drug-likeness (QED) is 0.699. The van der Waals surface area contributed by atoms with Crippen LogP contribution in [-0.4, -0.2) is 41.7 Å². The van der Waals surface area contributed by atoms with Gasteiger partial charge in [0.2, 0.25) is 5.91 Å². The summed E-state index contributed by atoms with van der Waals surface area (Å²) in [4.78, 5) is 19.1. The molecule has 3 aromatic heterocycles. The molecule has 0 unspecified atom stereocenters. The number of hydrogen-bond donors (Lipinski definition) is 0. The van der Waals surface area contributed by atoms with E-state index in [0.29, 0.717) is 19.6 Å². The zero-order valence-electron chi connectivity index (χ0n) is 14.0. The third kappa shape index (κ3) is 2.43. The molecule has 0 spiro atoms. The first-order valence-electron chi connectivity index (χ1n) is 8.41. The minimum absolute atomic E-state index is 0.116. The number of carbonyl (C=O) groups excluding carboxylic acids is 1. The van der Waals surface area contributed by atoms with Gasteiger partial charge in [0.1, 0.15) is 6.54 Å². The lowest BCUT2D eigenvalue weighted by atomic mass is 10.1. The highest BCUT2D eigenvalue weighted by molar-refractivity contribution is 7.98. The van der Waals surface area contributed by atoms with Gasteiger partial charge in [0.25, 0.3) is 0 Å². The number of nitrogens with zero attached hydrogens (tertiary/aromatic N) is 6. The van der Waals surface area contributed by atoms with Crippen LogP contribution in [0.1, 0.15) is 28.2 Å². The lowest BCUT2D eigenvalue weighted by molar-refractivity contribution is -0.133. The molecule has 0 aromatic carbocycles. The Labute approximate surface area is 149 Å². The van der Waals surface area contributed by atoms with E-state index < -0.39 is 0 Å². The van der Waals surface area contributed by atoms with Crippen LogP contribution in [0.2, 0.25) is 0 Å². The van der Waals surface area contributed by atoms with Gasteiger partial charge < -0.3 is 4.90 Å². The van der Waals surface area contributed by atoms with Gasteiger partial charge in [-0.3, -0.25) is 9.48 Å². The van der Waals surface area contributed by atoms with Crippen LogP contribution in [0.5, 0.6) is 0 Å². The molecule has 7 nitrogen and oxygen atoms in total. The monoisotopic (exact) mass is 354 g/mol. The van der Waals surface area contributed by atoms with Crippen LogP contribution in [0.25, 0.3) is 5.65 Å². The van der Waals surface area contributed by atoms with Crippen LogP contribution in [0.4, 0.5) is 0 Å². The van der Waals surface area contributed by atoms with Crippen LogP contribution in [0.15, 0.2) is 18.5 Å². The molecule has 5 heterocycles. The van der Waals surface area contributed by atoms with Crippen molar-refractivity contribution in [1.82, 2.24) is 29.3 Å². The summed E-state index contributed by atoms with van der Waals surface area (Å²) in [6.45, 7) is 3.60. The lowest BCUT2D eigenvalue weighted by Gasteiger charge is -2.29. The summed E-state index contributed by atoms with van der Waals surface area (Å²) >= 11 is 1.88. The van der Waals surface area contributed by atoms with E-state index in [1.54, 1.807) is 0 Å². The summed E-state index contributed by atoms with van der Waals surface area (Å²) in [6, 6.07) is 1.98. The van der Waals surface area contributed by atoms with Gasteiger partial charge >= 0.3 is 0 Å². The highest BCUT2D eigenvalue weighted by Gasteiger charge is 2.25. The number of hydrogen-bond acceptors (Lipinski definition) is 5. The summed E-state index contributed by atoms with van der Waals surface area (Å²) in [6.07, 6.45) is 4.58. The zero-order valence-corrected chi connectivity index (χ0v) is 14.8. The van der Waals surface area contributed by atoms with Gasteiger partial charge in [-0.05, 0) is 6.92 Å². The van der Waals surface area contributed by atoms with E-state index in [9.17, 15) is 4.79 Å². The molecule has 25 heavy (non-hydrogen) atoms. The second-order valence-corrected chi connectivity index (χ2v) is 7.60. The maximum Gasteiger partial charge on any atom is 0.244 e. The van der Waals surface area contributed by atoms with Gasteiger partial charge in [0.05, 0.1) is 23.3 Å². The van der Waals surface area contributed by atoms with Crippen molar-refractivity contribution in [3.05, 3.63) is 46.7 Å². The van der Waals surface area contributed by atoms with Gasteiger partial charge in [-0.15, -0.1) is 0 Å². The highest BCUT2D eigenvalue weighted by Crippen LogP contribution is 2.29. The Hall–Kier alpha value is -2.35. The van der Waals surface area contributed by atoms with Gasteiger partial charge in [0.15, 0.2) is 5.65 Å². The van der Waals surface area contributed by atoms with Crippen molar-refractivity contribution in [2.75, 3.05) is 6.54 Å². The Bertz CT molecular complexity index is 991. The van der Waals surface area contributed by atoms with E-state index in [1.165, 1.54) is 17.0 Å². The average molecular weight is 354 g/mol. The molecule has 0 radical (unpaired) electrons. The predicted octanol–water partition coefficient (Wildman–Crippen LogP) is 1.57.